The lowest BCUT2D eigenvalue weighted by Crippen LogP contribution is -2.35. The molecule has 6 nitrogen and oxygen atoms in total. The quantitative estimate of drug-likeness (QED) is 0.792. The maximum Gasteiger partial charge on any atom is 0.319 e. The summed E-state index contributed by atoms with van der Waals surface area (Å²) in [6.45, 7) is 2.53. The van der Waals surface area contributed by atoms with Crippen LogP contribution in [-0.2, 0) is 0 Å². The van der Waals surface area contributed by atoms with E-state index < -0.39 is 0 Å². The summed E-state index contributed by atoms with van der Waals surface area (Å²) in [6, 6.07) is 5.37. The SMILES string of the molecule is Cc1ccc(-c2ncco2)cc1NC(=O)NCC1(CO)CC1. The van der Waals surface area contributed by atoms with Crippen LogP contribution in [0.25, 0.3) is 11.5 Å². The van der Waals surface area contributed by atoms with Crippen molar-refractivity contribution in [2.45, 2.75) is 19.8 Å². The van der Waals surface area contributed by atoms with Gasteiger partial charge in [-0.2, -0.15) is 0 Å². The van der Waals surface area contributed by atoms with E-state index in [4.69, 9.17) is 4.42 Å². The number of aromatic nitrogens is 1. The van der Waals surface area contributed by atoms with Crippen LogP contribution in [0.4, 0.5) is 10.5 Å². The summed E-state index contributed by atoms with van der Waals surface area (Å²) in [5, 5.41) is 14.9. The molecule has 0 atom stereocenters. The van der Waals surface area contributed by atoms with Crippen LogP contribution in [0.2, 0.25) is 0 Å². The molecule has 1 aromatic carbocycles. The number of nitrogens with zero attached hydrogens (tertiary/aromatic N) is 1. The van der Waals surface area contributed by atoms with Crippen LogP contribution in [-0.4, -0.2) is 29.3 Å². The molecule has 22 heavy (non-hydrogen) atoms. The fourth-order valence-electron chi connectivity index (χ4n) is 2.26. The van der Waals surface area contributed by atoms with E-state index in [0.717, 1.165) is 24.0 Å². The van der Waals surface area contributed by atoms with Gasteiger partial charge in [0.15, 0.2) is 0 Å². The lowest BCUT2D eigenvalue weighted by molar-refractivity contribution is 0.206. The Morgan fingerprint density at radius 2 is 2.27 bits per heavy atom. The number of carbonyl (C=O) groups excluding carboxylic acids is 1. The van der Waals surface area contributed by atoms with Crippen LogP contribution in [0.3, 0.4) is 0 Å². The van der Waals surface area contributed by atoms with Crippen molar-refractivity contribution in [3.8, 4) is 11.5 Å². The first-order valence-electron chi connectivity index (χ1n) is 7.28. The Morgan fingerprint density at radius 3 is 2.91 bits per heavy atom. The molecule has 1 aliphatic carbocycles. The van der Waals surface area contributed by atoms with Gasteiger partial charge in [0.05, 0.1) is 12.8 Å². The Hall–Kier alpha value is -2.34. The van der Waals surface area contributed by atoms with Crippen molar-refractivity contribution in [3.63, 3.8) is 0 Å². The van der Waals surface area contributed by atoms with Crippen molar-refractivity contribution in [3.05, 3.63) is 36.2 Å². The molecule has 3 rings (SSSR count). The Balaban J connectivity index is 1.66. The third-order valence-corrected chi connectivity index (χ3v) is 4.08. The van der Waals surface area contributed by atoms with Crippen molar-refractivity contribution in [1.82, 2.24) is 10.3 Å². The van der Waals surface area contributed by atoms with Crippen molar-refractivity contribution >= 4 is 11.7 Å². The van der Waals surface area contributed by atoms with Crippen molar-refractivity contribution in [1.29, 1.82) is 0 Å². The van der Waals surface area contributed by atoms with E-state index in [1.54, 1.807) is 6.20 Å². The maximum atomic E-state index is 12.0. The van der Waals surface area contributed by atoms with Crippen molar-refractivity contribution < 1.29 is 14.3 Å². The number of amides is 2. The summed E-state index contributed by atoms with van der Waals surface area (Å²) < 4.78 is 5.27. The van der Waals surface area contributed by atoms with E-state index in [9.17, 15) is 9.90 Å². The minimum absolute atomic E-state index is 0.105. The minimum Gasteiger partial charge on any atom is -0.445 e. The lowest BCUT2D eigenvalue weighted by Gasteiger charge is -2.14. The van der Waals surface area contributed by atoms with Crippen LogP contribution in [0, 0.1) is 12.3 Å². The number of aliphatic hydroxyl groups excluding tert-OH is 1. The zero-order valence-electron chi connectivity index (χ0n) is 12.4. The summed E-state index contributed by atoms with van der Waals surface area (Å²) in [5.41, 5.74) is 2.36. The monoisotopic (exact) mass is 301 g/mol. The Morgan fingerprint density at radius 1 is 1.45 bits per heavy atom. The highest BCUT2D eigenvalue weighted by atomic mass is 16.3. The molecule has 1 heterocycles. The molecule has 0 aliphatic heterocycles. The normalized spacial score (nSPS) is 15.4. The average molecular weight is 301 g/mol. The zero-order valence-corrected chi connectivity index (χ0v) is 12.4. The molecule has 2 aromatic rings. The second kappa shape index (κ2) is 5.81. The molecule has 0 spiro atoms. The molecule has 0 saturated heterocycles. The maximum absolute atomic E-state index is 12.0. The van der Waals surface area contributed by atoms with E-state index >= 15 is 0 Å². The molecule has 2 amide bonds. The van der Waals surface area contributed by atoms with Crippen molar-refractivity contribution in [2.75, 3.05) is 18.5 Å². The Kier molecular flexibility index (Phi) is 3.85. The average Bonchev–Trinajstić information content (AvgIpc) is 3.10. The molecule has 3 N–H and O–H groups in total. The number of rotatable bonds is 5. The fourth-order valence-corrected chi connectivity index (χ4v) is 2.26. The van der Waals surface area contributed by atoms with Crippen LogP contribution < -0.4 is 10.6 Å². The smallest absolute Gasteiger partial charge is 0.319 e. The predicted molar refractivity (Wildman–Crippen MR) is 82.5 cm³/mol. The topological polar surface area (TPSA) is 87.4 Å². The molecule has 1 saturated carbocycles. The summed E-state index contributed by atoms with van der Waals surface area (Å²) in [5.74, 6) is 0.515. The number of urea groups is 1. The number of hydrogen-bond donors (Lipinski definition) is 3. The van der Waals surface area contributed by atoms with E-state index in [-0.39, 0.29) is 18.1 Å². The zero-order chi connectivity index (χ0) is 15.6. The first-order valence-corrected chi connectivity index (χ1v) is 7.28. The second-order valence-corrected chi connectivity index (χ2v) is 5.83. The molecule has 6 heteroatoms. The van der Waals surface area contributed by atoms with Crippen LogP contribution >= 0.6 is 0 Å². The highest BCUT2D eigenvalue weighted by Gasteiger charge is 2.42. The number of aliphatic hydroxyl groups is 1. The standard InChI is InChI=1S/C16H19N3O3/c1-11-2-3-12(14-17-6-7-22-14)8-13(11)19-15(21)18-9-16(10-20)4-5-16/h2-3,6-8,20H,4-5,9-10H2,1H3,(H2,18,19,21). The summed E-state index contributed by atoms with van der Waals surface area (Å²) in [7, 11) is 0. The molecule has 0 bridgehead atoms. The molecule has 116 valence electrons. The minimum atomic E-state index is -0.271. The number of aryl methyl sites for hydroxylation is 1. The summed E-state index contributed by atoms with van der Waals surface area (Å²) in [4.78, 5) is 16.1. The van der Waals surface area contributed by atoms with Gasteiger partial charge in [0, 0.05) is 23.2 Å². The third kappa shape index (κ3) is 3.12. The number of oxazole rings is 1. The van der Waals surface area contributed by atoms with Gasteiger partial charge in [-0.15, -0.1) is 0 Å². The van der Waals surface area contributed by atoms with Gasteiger partial charge in [-0.25, -0.2) is 9.78 Å². The molecule has 0 unspecified atom stereocenters. The van der Waals surface area contributed by atoms with Gasteiger partial charge in [0.1, 0.15) is 6.26 Å². The van der Waals surface area contributed by atoms with Crippen LogP contribution in [0.1, 0.15) is 18.4 Å². The van der Waals surface area contributed by atoms with Crippen LogP contribution in [0.15, 0.2) is 35.1 Å². The molecular formula is C16H19N3O3. The highest BCUT2D eigenvalue weighted by molar-refractivity contribution is 5.90. The van der Waals surface area contributed by atoms with Gasteiger partial charge >= 0.3 is 6.03 Å². The first kappa shape index (κ1) is 14.6. The van der Waals surface area contributed by atoms with E-state index in [1.807, 2.05) is 25.1 Å². The Bertz CT molecular complexity index is 663. The largest absolute Gasteiger partial charge is 0.445 e. The van der Waals surface area contributed by atoms with E-state index in [1.165, 1.54) is 6.26 Å². The van der Waals surface area contributed by atoms with Gasteiger partial charge in [-0.3, -0.25) is 0 Å². The predicted octanol–water partition coefficient (Wildman–Crippen LogP) is 2.54. The number of hydrogen-bond acceptors (Lipinski definition) is 4. The molecule has 1 aliphatic rings. The van der Waals surface area contributed by atoms with Gasteiger partial charge in [0.25, 0.3) is 0 Å². The number of carbonyl (C=O) groups is 1. The molecular weight excluding hydrogens is 282 g/mol. The summed E-state index contributed by atoms with van der Waals surface area (Å²) in [6.07, 6.45) is 5.02. The Labute approximate surface area is 128 Å². The summed E-state index contributed by atoms with van der Waals surface area (Å²) >= 11 is 0. The molecule has 0 radical (unpaired) electrons. The van der Waals surface area contributed by atoms with Gasteiger partial charge in [-0.05, 0) is 37.5 Å². The highest BCUT2D eigenvalue weighted by Crippen LogP contribution is 2.44. The van der Waals surface area contributed by atoms with E-state index in [0.29, 0.717) is 18.1 Å². The molecule has 1 fully saturated rings. The van der Waals surface area contributed by atoms with Crippen molar-refractivity contribution in [2.24, 2.45) is 5.41 Å². The van der Waals surface area contributed by atoms with Crippen LogP contribution in [0.5, 0.6) is 0 Å². The van der Waals surface area contributed by atoms with Gasteiger partial charge < -0.3 is 20.2 Å². The number of anilines is 1. The second-order valence-electron chi connectivity index (χ2n) is 5.83. The number of nitrogens with one attached hydrogen (secondary N) is 2. The van der Waals surface area contributed by atoms with E-state index in [2.05, 4.69) is 15.6 Å². The van der Waals surface area contributed by atoms with Gasteiger partial charge in [0.2, 0.25) is 5.89 Å². The van der Waals surface area contributed by atoms with Gasteiger partial charge in [-0.1, -0.05) is 6.07 Å². The fraction of sp³-hybridized carbons (Fsp3) is 0.375. The first-order chi connectivity index (χ1) is 10.6. The molecule has 1 aromatic heterocycles. The third-order valence-electron chi connectivity index (χ3n) is 4.08. The lowest BCUT2D eigenvalue weighted by atomic mass is 10.1. The number of benzene rings is 1.